The maximum absolute atomic E-state index is 13.2. The molecule has 1 amide bonds. The fourth-order valence-electron chi connectivity index (χ4n) is 5.94. The predicted octanol–water partition coefficient (Wildman–Crippen LogP) is 5.14. The van der Waals surface area contributed by atoms with Crippen molar-refractivity contribution in [2.24, 2.45) is 0 Å². The van der Waals surface area contributed by atoms with E-state index in [2.05, 4.69) is 59.6 Å². The van der Waals surface area contributed by atoms with E-state index in [1.54, 1.807) is 0 Å². The zero-order chi connectivity index (χ0) is 20.4. The molecule has 29 heavy (non-hydrogen) atoms. The monoisotopic (exact) mass is 390 g/mol. The number of amides is 1. The molecule has 154 valence electrons. The Bertz CT molecular complexity index is 847. The number of carbonyl (C=O) groups is 1. The van der Waals surface area contributed by atoms with Crippen LogP contribution < -0.4 is 5.32 Å². The van der Waals surface area contributed by atoms with Gasteiger partial charge in [0.15, 0.2) is 0 Å². The molecule has 0 radical (unpaired) electrons. The second-order valence-corrected chi connectivity index (χ2v) is 9.11. The highest BCUT2D eigenvalue weighted by molar-refractivity contribution is 5.97. The number of aryl methyl sites for hydroxylation is 3. The lowest BCUT2D eigenvalue weighted by molar-refractivity contribution is 0.0809. The van der Waals surface area contributed by atoms with Gasteiger partial charge in [-0.3, -0.25) is 9.69 Å². The molecule has 2 fully saturated rings. The van der Waals surface area contributed by atoms with Gasteiger partial charge in [0.1, 0.15) is 0 Å². The van der Waals surface area contributed by atoms with Crippen LogP contribution in [0.4, 0.5) is 0 Å². The smallest absolute Gasteiger partial charge is 0.251 e. The molecule has 2 unspecified atom stereocenters. The molecule has 0 bridgehead atoms. The maximum Gasteiger partial charge on any atom is 0.251 e. The van der Waals surface area contributed by atoms with Crippen LogP contribution in [-0.4, -0.2) is 36.0 Å². The van der Waals surface area contributed by atoms with Crippen molar-refractivity contribution in [2.45, 2.75) is 64.3 Å². The number of carbonyl (C=O) groups excluding carboxylic acids is 1. The van der Waals surface area contributed by atoms with Crippen LogP contribution in [-0.2, 0) is 0 Å². The molecule has 1 aliphatic heterocycles. The van der Waals surface area contributed by atoms with Crippen LogP contribution in [0.25, 0.3) is 0 Å². The van der Waals surface area contributed by atoms with E-state index in [9.17, 15) is 4.79 Å². The second-order valence-electron chi connectivity index (χ2n) is 9.11. The van der Waals surface area contributed by atoms with Crippen LogP contribution in [0.15, 0.2) is 42.5 Å². The van der Waals surface area contributed by atoms with E-state index in [0.717, 1.165) is 36.3 Å². The van der Waals surface area contributed by atoms with Crippen molar-refractivity contribution in [1.29, 1.82) is 0 Å². The van der Waals surface area contributed by atoms with Crippen molar-refractivity contribution in [3.05, 3.63) is 70.3 Å². The van der Waals surface area contributed by atoms with Crippen molar-refractivity contribution >= 4 is 5.91 Å². The minimum absolute atomic E-state index is 0.0417. The largest absolute Gasteiger partial charge is 0.350 e. The van der Waals surface area contributed by atoms with Crippen molar-refractivity contribution in [2.75, 3.05) is 19.6 Å². The summed E-state index contributed by atoms with van der Waals surface area (Å²) >= 11 is 0. The topological polar surface area (TPSA) is 32.3 Å². The van der Waals surface area contributed by atoms with Gasteiger partial charge >= 0.3 is 0 Å². The van der Waals surface area contributed by atoms with Gasteiger partial charge in [0.05, 0.1) is 0 Å². The molecule has 3 nitrogen and oxygen atoms in total. The summed E-state index contributed by atoms with van der Waals surface area (Å²) in [5, 5.41) is 3.38. The van der Waals surface area contributed by atoms with Crippen molar-refractivity contribution < 1.29 is 4.79 Å². The van der Waals surface area contributed by atoms with Crippen molar-refractivity contribution in [3.8, 4) is 0 Å². The first kappa shape index (κ1) is 20.2. The van der Waals surface area contributed by atoms with Gasteiger partial charge in [-0.05, 0) is 76.2 Å². The predicted molar refractivity (Wildman–Crippen MR) is 120 cm³/mol. The van der Waals surface area contributed by atoms with Gasteiger partial charge in [-0.2, -0.15) is 0 Å². The van der Waals surface area contributed by atoms with Crippen LogP contribution in [0, 0.1) is 20.8 Å². The molecule has 1 aliphatic carbocycles. The third kappa shape index (κ3) is 3.85. The number of nitrogens with zero attached hydrogens (tertiary/aromatic N) is 1. The molecule has 0 aromatic heterocycles. The van der Waals surface area contributed by atoms with Crippen molar-refractivity contribution in [3.63, 3.8) is 0 Å². The van der Waals surface area contributed by atoms with Crippen LogP contribution in [0.3, 0.4) is 0 Å². The number of hydrogen-bond acceptors (Lipinski definition) is 2. The molecule has 4 rings (SSSR count). The first-order chi connectivity index (χ1) is 14.0. The summed E-state index contributed by atoms with van der Waals surface area (Å²) in [7, 11) is 0. The van der Waals surface area contributed by atoms with Gasteiger partial charge in [0.2, 0.25) is 0 Å². The zero-order valence-corrected chi connectivity index (χ0v) is 18.1. The number of benzene rings is 2. The molecule has 1 saturated heterocycles. The molecule has 2 aliphatic rings. The Hall–Kier alpha value is -2.13. The van der Waals surface area contributed by atoms with Gasteiger partial charge in [0.25, 0.3) is 5.91 Å². The molecule has 1 heterocycles. The lowest BCUT2D eigenvalue weighted by Gasteiger charge is -2.44. The van der Waals surface area contributed by atoms with Crippen LogP contribution in [0.2, 0.25) is 0 Å². The van der Waals surface area contributed by atoms with E-state index in [0.29, 0.717) is 5.92 Å². The Kier molecular flexibility index (Phi) is 5.78. The Labute approximate surface area is 175 Å². The van der Waals surface area contributed by atoms with E-state index in [1.807, 2.05) is 13.8 Å². The quantitative estimate of drug-likeness (QED) is 0.766. The number of hydrogen-bond donors (Lipinski definition) is 1. The average molecular weight is 391 g/mol. The third-order valence-corrected chi connectivity index (χ3v) is 7.15. The highest BCUT2D eigenvalue weighted by Gasteiger charge is 2.48. The first-order valence-electron chi connectivity index (χ1n) is 11.2. The normalized spacial score (nSPS) is 24.7. The van der Waals surface area contributed by atoms with Crippen LogP contribution in [0.1, 0.15) is 70.6 Å². The van der Waals surface area contributed by atoms with Crippen LogP contribution >= 0.6 is 0 Å². The van der Waals surface area contributed by atoms with E-state index in [1.165, 1.54) is 43.2 Å². The maximum atomic E-state index is 13.2. The first-order valence-corrected chi connectivity index (χ1v) is 11.2. The van der Waals surface area contributed by atoms with Crippen molar-refractivity contribution in [1.82, 2.24) is 10.2 Å². The number of likely N-dealkylation sites (tertiary alicyclic amines) is 1. The standard InChI is InChI=1S/C26H34N2O/c1-19-16-20(2)24(21(3)17-19)25(29)27-18-26(28-14-7-8-15-28)13-9-12-23(26)22-10-5-4-6-11-22/h4-6,10-11,16-17,23H,7-9,12-15,18H2,1-3H3,(H,27,29). The molecule has 3 heteroatoms. The summed E-state index contributed by atoms with van der Waals surface area (Å²) in [4.78, 5) is 15.9. The van der Waals surface area contributed by atoms with Gasteiger partial charge in [-0.25, -0.2) is 0 Å². The number of nitrogens with one attached hydrogen (secondary N) is 1. The summed E-state index contributed by atoms with van der Waals surface area (Å²) in [5.74, 6) is 0.569. The average Bonchev–Trinajstić information content (AvgIpc) is 3.37. The lowest BCUT2D eigenvalue weighted by Crippen LogP contribution is -2.56. The Morgan fingerprint density at radius 1 is 1.03 bits per heavy atom. The Balaban J connectivity index is 1.61. The summed E-state index contributed by atoms with van der Waals surface area (Å²) < 4.78 is 0. The van der Waals surface area contributed by atoms with Gasteiger partial charge < -0.3 is 5.32 Å². The molecular weight excluding hydrogens is 356 g/mol. The van der Waals surface area contributed by atoms with Gasteiger partial charge in [-0.1, -0.05) is 54.4 Å². The van der Waals surface area contributed by atoms with E-state index < -0.39 is 0 Å². The lowest BCUT2D eigenvalue weighted by atomic mass is 9.80. The Morgan fingerprint density at radius 2 is 1.69 bits per heavy atom. The van der Waals surface area contributed by atoms with E-state index in [4.69, 9.17) is 0 Å². The zero-order valence-electron chi connectivity index (χ0n) is 18.1. The minimum atomic E-state index is 0.0417. The van der Waals surface area contributed by atoms with Gasteiger partial charge in [0, 0.05) is 23.6 Å². The third-order valence-electron chi connectivity index (χ3n) is 7.15. The molecule has 2 atom stereocenters. The molecule has 0 spiro atoms. The highest BCUT2D eigenvalue weighted by Crippen LogP contribution is 2.47. The van der Waals surface area contributed by atoms with Gasteiger partial charge in [-0.15, -0.1) is 0 Å². The fraction of sp³-hybridized carbons (Fsp3) is 0.500. The summed E-state index contributed by atoms with van der Waals surface area (Å²) in [6, 6.07) is 15.2. The highest BCUT2D eigenvalue weighted by atomic mass is 16.1. The molecule has 1 saturated carbocycles. The summed E-state index contributed by atoms with van der Waals surface area (Å²) in [6.45, 7) is 9.23. The summed E-state index contributed by atoms with van der Waals surface area (Å²) in [6.07, 6.45) is 6.15. The second kappa shape index (κ2) is 8.31. The van der Waals surface area contributed by atoms with Crippen LogP contribution in [0.5, 0.6) is 0 Å². The SMILES string of the molecule is Cc1cc(C)c(C(=O)NCC2(N3CCCC3)CCCC2c2ccccc2)c(C)c1. The van der Waals surface area contributed by atoms with E-state index in [-0.39, 0.29) is 11.4 Å². The van der Waals surface area contributed by atoms with E-state index >= 15 is 0 Å². The number of rotatable bonds is 5. The molecule has 1 N–H and O–H groups in total. The summed E-state index contributed by atoms with van der Waals surface area (Å²) in [5.41, 5.74) is 5.67. The minimum Gasteiger partial charge on any atom is -0.350 e. The molecule has 2 aromatic carbocycles. The molecule has 2 aromatic rings. The fourth-order valence-corrected chi connectivity index (χ4v) is 5.94. The molecular formula is C26H34N2O. The Morgan fingerprint density at radius 3 is 2.34 bits per heavy atom.